The first kappa shape index (κ1) is 26.5. The molecule has 186 valence electrons. The Labute approximate surface area is 215 Å². The second kappa shape index (κ2) is 13.7. The SMILES string of the molecule is CCOCCCN(CC(=O)N(Cc1ccccc1)Cc1cccn1C)C(=O)Nc1ccccc1Br. The van der Waals surface area contributed by atoms with Crippen LogP contribution in [0.4, 0.5) is 10.5 Å². The van der Waals surface area contributed by atoms with Crippen molar-refractivity contribution in [2.45, 2.75) is 26.4 Å². The van der Waals surface area contributed by atoms with E-state index in [0.717, 1.165) is 15.7 Å². The smallest absolute Gasteiger partial charge is 0.322 e. The molecule has 0 unspecified atom stereocenters. The summed E-state index contributed by atoms with van der Waals surface area (Å²) in [7, 11) is 1.96. The molecule has 0 fully saturated rings. The number of carbonyl (C=O) groups excluding carboxylic acids is 2. The molecule has 2 aromatic carbocycles. The predicted octanol–water partition coefficient (Wildman–Crippen LogP) is 5.28. The van der Waals surface area contributed by atoms with Crippen LogP contribution in [0.2, 0.25) is 0 Å². The van der Waals surface area contributed by atoms with Crippen LogP contribution in [0.25, 0.3) is 0 Å². The molecule has 0 radical (unpaired) electrons. The van der Waals surface area contributed by atoms with Gasteiger partial charge in [0.25, 0.3) is 0 Å². The van der Waals surface area contributed by atoms with Crippen molar-refractivity contribution >= 4 is 33.6 Å². The second-order valence-corrected chi connectivity index (χ2v) is 9.08. The van der Waals surface area contributed by atoms with Gasteiger partial charge in [-0.05, 0) is 59.1 Å². The number of aryl methyl sites for hydroxylation is 1. The van der Waals surface area contributed by atoms with Gasteiger partial charge in [-0.3, -0.25) is 4.79 Å². The van der Waals surface area contributed by atoms with Gasteiger partial charge in [0.05, 0.1) is 12.2 Å². The predicted molar refractivity (Wildman–Crippen MR) is 142 cm³/mol. The van der Waals surface area contributed by atoms with Crippen LogP contribution in [-0.2, 0) is 29.7 Å². The highest BCUT2D eigenvalue weighted by molar-refractivity contribution is 9.10. The molecule has 0 spiro atoms. The summed E-state index contributed by atoms with van der Waals surface area (Å²) in [4.78, 5) is 30.1. The number of anilines is 1. The van der Waals surface area contributed by atoms with Crippen molar-refractivity contribution in [1.82, 2.24) is 14.4 Å². The second-order valence-electron chi connectivity index (χ2n) is 8.23. The van der Waals surface area contributed by atoms with Crippen LogP contribution in [0.15, 0.2) is 77.4 Å². The Morgan fingerprint density at radius 1 is 0.971 bits per heavy atom. The van der Waals surface area contributed by atoms with Crippen molar-refractivity contribution in [3.8, 4) is 0 Å². The molecule has 0 aliphatic heterocycles. The van der Waals surface area contributed by atoms with E-state index < -0.39 is 0 Å². The number of urea groups is 1. The maximum atomic E-state index is 13.6. The minimum atomic E-state index is -0.319. The van der Waals surface area contributed by atoms with Gasteiger partial charge in [-0.25, -0.2) is 4.79 Å². The molecule has 35 heavy (non-hydrogen) atoms. The lowest BCUT2D eigenvalue weighted by atomic mass is 10.2. The highest BCUT2D eigenvalue weighted by Crippen LogP contribution is 2.21. The molecule has 0 saturated carbocycles. The van der Waals surface area contributed by atoms with Crippen molar-refractivity contribution < 1.29 is 14.3 Å². The third kappa shape index (κ3) is 8.26. The van der Waals surface area contributed by atoms with Gasteiger partial charge in [0, 0.05) is 49.7 Å². The number of nitrogens with one attached hydrogen (secondary N) is 1. The molecule has 0 aliphatic carbocycles. The van der Waals surface area contributed by atoms with E-state index in [0.29, 0.717) is 45.0 Å². The third-order valence-electron chi connectivity index (χ3n) is 5.62. The zero-order valence-corrected chi connectivity index (χ0v) is 21.9. The number of hydrogen-bond donors (Lipinski definition) is 1. The van der Waals surface area contributed by atoms with E-state index in [4.69, 9.17) is 4.74 Å². The lowest BCUT2D eigenvalue weighted by molar-refractivity contribution is -0.133. The van der Waals surface area contributed by atoms with E-state index in [-0.39, 0.29) is 18.5 Å². The molecular weight excluding hydrogens is 508 g/mol. The third-order valence-corrected chi connectivity index (χ3v) is 6.31. The zero-order valence-electron chi connectivity index (χ0n) is 20.3. The van der Waals surface area contributed by atoms with Crippen LogP contribution in [-0.4, -0.2) is 52.6 Å². The number of halogens is 1. The summed E-state index contributed by atoms with van der Waals surface area (Å²) in [6.07, 6.45) is 2.60. The number of ether oxygens (including phenoxy) is 1. The average Bonchev–Trinajstić information content (AvgIpc) is 3.26. The molecule has 3 rings (SSSR count). The lowest BCUT2D eigenvalue weighted by Gasteiger charge is -2.28. The Bertz CT molecular complexity index is 1090. The first-order valence-corrected chi connectivity index (χ1v) is 12.6. The summed E-state index contributed by atoms with van der Waals surface area (Å²) >= 11 is 3.47. The zero-order chi connectivity index (χ0) is 25.0. The Kier molecular flexibility index (Phi) is 10.4. The average molecular weight is 541 g/mol. The first-order chi connectivity index (χ1) is 17.0. The van der Waals surface area contributed by atoms with Crippen molar-refractivity contribution in [1.29, 1.82) is 0 Å². The van der Waals surface area contributed by atoms with Crippen LogP contribution in [0.3, 0.4) is 0 Å². The summed E-state index contributed by atoms with van der Waals surface area (Å²) in [6, 6.07) is 21.0. The largest absolute Gasteiger partial charge is 0.382 e. The molecule has 1 N–H and O–H groups in total. The van der Waals surface area contributed by atoms with Crippen molar-refractivity contribution in [3.05, 3.63) is 88.7 Å². The Morgan fingerprint density at radius 2 is 1.71 bits per heavy atom. The van der Waals surface area contributed by atoms with E-state index in [9.17, 15) is 9.59 Å². The number of amides is 3. The van der Waals surface area contributed by atoms with E-state index in [1.807, 2.05) is 91.5 Å². The molecule has 1 aromatic heterocycles. The number of carbonyl (C=O) groups is 2. The van der Waals surface area contributed by atoms with Gasteiger partial charge < -0.3 is 24.4 Å². The monoisotopic (exact) mass is 540 g/mol. The fourth-order valence-electron chi connectivity index (χ4n) is 3.67. The molecule has 0 atom stereocenters. The lowest BCUT2D eigenvalue weighted by Crippen LogP contribution is -2.45. The summed E-state index contributed by atoms with van der Waals surface area (Å²) in [6.45, 7) is 4.38. The summed E-state index contributed by atoms with van der Waals surface area (Å²) in [5.41, 5.74) is 2.72. The van der Waals surface area contributed by atoms with Gasteiger partial charge in [-0.1, -0.05) is 42.5 Å². The van der Waals surface area contributed by atoms with E-state index in [1.165, 1.54) is 0 Å². The maximum absolute atomic E-state index is 13.6. The molecule has 0 saturated heterocycles. The van der Waals surface area contributed by atoms with Crippen molar-refractivity contribution in [2.24, 2.45) is 7.05 Å². The molecule has 7 nitrogen and oxygen atoms in total. The highest BCUT2D eigenvalue weighted by atomic mass is 79.9. The molecule has 3 amide bonds. The minimum Gasteiger partial charge on any atom is -0.382 e. The van der Waals surface area contributed by atoms with E-state index in [2.05, 4.69) is 21.2 Å². The standard InChI is InChI=1S/C27H33BrN4O3/c1-3-35-18-10-17-31(27(34)29-25-15-8-7-14-24(25)28)21-26(33)32(19-22-11-5-4-6-12-22)20-23-13-9-16-30(23)2/h4-9,11-16H,3,10,17-21H2,1-2H3,(H,29,34). The van der Waals surface area contributed by atoms with Crippen LogP contribution >= 0.6 is 15.9 Å². The normalized spacial score (nSPS) is 10.7. The maximum Gasteiger partial charge on any atom is 0.322 e. The Morgan fingerprint density at radius 3 is 2.40 bits per heavy atom. The Hall–Kier alpha value is -3.10. The van der Waals surface area contributed by atoms with Gasteiger partial charge in [0.1, 0.15) is 6.54 Å². The molecule has 8 heteroatoms. The van der Waals surface area contributed by atoms with Gasteiger partial charge in [0.2, 0.25) is 5.91 Å². The number of benzene rings is 2. The number of aromatic nitrogens is 1. The van der Waals surface area contributed by atoms with E-state index >= 15 is 0 Å². The fourth-order valence-corrected chi connectivity index (χ4v) is 4.05. The topological polar surface area (TPSA) is 66.8 Å². The molecular formula is C27H33BrN4O3. The van der Waals surface area contributed by atoms with Crippen molar-refractivity contribution in [3.63, 3.8) is 0 Å². The van der Waals surface area contributed by atoms with Gasteiger partial charge in [-0.15, -0.1) is 0 Å². The first-order valence-electron chi connectivity index (χ1n) is 11.8. The van der Waals surface area contributed by atoms with Crippen LogP contribution in [0, 0.1) is 0 Å². The minimum absolute atomic E-state index is 0.0281. The van der Waals surface area contributed by atoms with Crippen LogP contribution in [0.1, 0.15) is 24.6 Å². The van der Waals surface area contributed by atoms with Crippen molar-refractivity contribution in [2.75, 3.05) is 31.6 Å². The van der Waals surface area contributed by atoms with Crippen LogP contribution < -0.4 is 5.32 Å². The number of nitrogens with zero attached hydrogens (tertiary/aromatic N) is 3. The summed E-state index contributed by atoms with van der Waals surface area (Å²) in [5, 5.41) is 2.92. The Balaban J connectivity index is 1.76. The molecule has 0 aliphatic rings. The van der Waals surface area contributed by atoms with Gasteiger partial charge >= 0.3 is 6.03 Å². The highest BCUT2D eigenvalue weighted by Gasteiger charge is 2.23. The molecule has 3 aromatic rings. The van der Waals surface area contributed by atoms with Crippen LogP contribution in [0.5, 0.6) is 0 Å². The van der Waals surface area contributed by atoms with E-state index in [1.54, 1.807) is 9.80 Å². The molecule has 1 heterocycles. The summed E-state index contributed by atoms with van der Waals surface area (Å²) in [5.74, 6) is -0.117. The number of hydrogen-bond acceptors (Lipinski definition) is 3. The fraction of sp³-hybridized carbons (Fsp3) is 0.333. The quantitative estimate of drug-likeness (QED) is 0.318. The van der Waals surface area contributed by atoms with Gasteiger partial charge in [0.15, 0.2) is 0 Å². The molecule has 0 bridgehead atoms. The number of rotatable bonds is 12. The summed E-state index contributed by atoms with van der Waals surface area (Å²) < 4.78 is 8.24. The number of para-hydroxylation sites is 1. The van der Waals surface area contributed by atoms with Gasteiger partial charge in [-0.2, -0.15) is 0 Å².